The summed E-state index contributed by atoms with van der Waals surface area (Å²) in [4.78, 5) is 4.54. The van der Waals surface area contributed by atoms with Crippen LogP contribution in [0.3, 0.4) is 0 Å². The number of aryl methyl sites for hydroxylation is 2. The van der Waals surface area contributed by atoms with E-state index in [-0.39, 0.29) is 29.8 Å². The van der Waals surface area contributed by atoms with Gasteiger partial charge in [0.15, 0.2) is 5.96 Å². The molecule has 1 aromatic heterocycles. The van der Waals surface area contributed by atoms with Crippen molar-refractivity contribution in [1.29, 1.82) is 0 Å². The van der Waals surface area contributed by atoms with E-state index in [9.17, 15) is 4.39 Å². The third-order valence-corrected chi connectivity index (χ3v) is 4.09. The number of rotatable bonds is 7. The summed E-state index contributed by atoms with van der Waals surface area (Å²) < 4.78 is 16.3. The fraction of sp³-hybridized carbons (Fsp3) is 0.412. The summed E-state index contributed by atoms with van der Waals surface area (Å²) in [5.41, 5.74) is 1.78. The van der Waals surface area contributed by atoms with Crippen LogP contribution in [0, 0.1) is 5.82 Å². The molecule has 2 rings (SSSR count). The predicted octanol–water partition coefficient (Wildman–Crippen LogP) is 3.63. The lowest BCUT2D eigenvalue weighted by atomic mass is 10.1. The second-order valence-electron chi connectivity index (χ2n) is 5.41. The molecule has 0 aliphatic rings. The second-order valence-corrected chi connectivity index (χ2v) is 6.32. The van der Waals surface area contributed by atoms with Crippen molar-refractivity contribution in [3.05, 3.63) is 52.0 Å². The molecule has 0 fully saturated rings. The second kappa shape index (κ2) is 11.5. The molecule has 0 bridgehead atoms. The molecule has 2 aromatic rings. The van der Waals surface area contributed by atoms with Crippen molar-refractivity contribution >= 4 is 45.9 Å². The van der Waals surface area contributed by atoms with Crippen LogP contribution in [-0.2, 0) is 20.0 Å². The molecule has 8 heteroatoms. The molecule has 138 valence electrons. The summed E-state index contributed by atoms with van der Waals surface area (Å²) in [5.74, 6) is 0.594. The standard InChI is InChI=1S/C17H23BrFN5.HI/c1-3-20-17(22-12-15-8-10-23-24(15)2)21-9-4-5-13-6-7-14(18)11-16(13)19;/h6-8,10-11H,3-5,9,12H2,1-2H3,(H2,20,21,22);1H. The van der Waals surface area contributed by atoms with Gasteiger partial charge < -0.3 is 10.6 Å². The van der Waals surface area contributed by atoms with Crippen LogP contribution in [0.5, 0.6) is 0 Å². The van der Waals surface area contributed by atoms with Gasteiger partial charge in [0, 0.05) is 30.8 Å². The number of nitrogens with zero attached hydrogens (tertiary/aromatic N) is 3. The van der Waals surface area contributed by atoms with Crippen molar-refractivity contribution in [1.82, 2.24) is 20.4 Å². The van der Waals surface area contributed by atoms with E-state index in [2.05, 4.69) is 36.7 Å². The minimum Gasteiger partial charge on any atom is -0.357 e. The zero-order valence-corrected chi connectivity index (χ0v) is 18.3. The summed E-state index contributed by atoms with van der Waals surface area (Å²) in [6.07, 6.45) is 3.28. The Bertz CT molecular complexity index is 689. The van der Waals surface area contributed by atoms with Crippen molar-refractivity contribution in [2.24, 2.45) is 12.0 Å². The summed E-state index contributed by atoms with van der Waals surface area (Å²) in [7, 11) is 1.90. The Morgan fingerprint density at radius 1 is 1.32 bits per heavy atom. The minimum atomic E-state index is -0.166. The van der Waals surface area contributed by atoms with Crippen LogP contribution in [0.25, 0.3) is 0 Å². The molecular formula is C17H24BrFIN5. The lowest BCUT2D eigenvalue weighted by Crippen LogP contribution is -2.37. The molecule has 0 spiro atoms. The fourth-order valence-electron chi connectivity index (χ4n) is 2.27. The van der Waals surface area contributed by atoms with Crippen LogP contribution in [0.1, 0.15) is 24.6 Å². The largest absolute Gasteiger partial charge is 0.357 e. The van der Waals surface area contributed by atoms with E-state index in [1.807, 2.05) is 36.9 Å². The fourth-order valence-corrected chi connectivity index (χ4v) is 2.60. The van der Waals surface area contributed by atoms with Crippen molar-refractivity contribution in [2.75, 3.05) is 13.1 Å². The summed E-state index contributed by atoms with van der Waals surface area (Å²) in [5, 5.41) is 10.6. The van der Waals surface area contributed by atoms with Crippen molar-refractivity contribution < 1.29 is 4.39 Å². The molecular weight excluding hydrogens is 500 g/mol. The molecule has 2 N–H and O–H groups in total. The Morgan fingerprint density at radius 3 is 2.76 bits per heavy atom. The van der Waals surface area contributed by atoms with E-state index < -0.39 is 0 Å². The van der Waals surface area contributed by atoms with E-state index >= 15 is 0 Å². The number of hydrogen-bond donors (Lipinski definition) is 2. The maximum atomic E-state index is 13.8. The Labute approximate surface area is 173 Å². The Balaban J connectivity index is 0.00000312. The third kappa shape index (κ3) is 7.31. The first-order valence-corrected chi connectivity index (χ1v) is 8.82. The highest BCUT2D eigenvalue weighted by Gasteiger charge is 2.04. The van der Waals surface area contributed by atoms with Crippen LogP contribution in [0.4, 0.5) is 4.39 Å². The average Bonchev–Trinajstić information content (AvgIpc) is 2.96. The molecule has 1 heterocycles. The first-order valence-electron chi connectivity index (χ1n) is 8.03. The number of guanidine groups is 1. The third-order valence-electron chi connectivity index (χ3n) is 3.60. The lowest BCUT2D eigenvalue weighted by Gasteiger charge is -2.11. The summed E-state index contributed by atoms with van der Waals surface area (Å²) in [6.45, 7) is 4.11. The number of aromatic nitrogens is 2. The summed E-state index contributed by atoms with van der Waals surface area (Å²) >= 11 is 3.27. The molecule has 1 aromatic carbocycles. The molecule has 0 saturated heterocycles. The summed E-state index contributed by atoms with van der Waals surface area (Å²) in [6, 6.07) is 7.14. The minimum absolute atomic E-state index is 0. The van der Waals surface area contributed by atoms with Gasteiger partial charge in [-0.25, -0.2) is 9.38 Å². The maximum Gasteiger partial charge on any atom is 0.191 e. The van der Waals surface area contributed by atoms with Crippen LogP contribution in [-0.4, -0.2) is 28.8 Å². The number of halogens is 3. The first-order chi connectivity index (χ1) is 11.6. The topological polar surface area (TPSA) is 54.2 Å². The highest BCUT2D eigenvalue weighted by molar-refractivity contribution is 14.0. The smallest absolute Gasteiger partial charge is 0.191 e. The number of hydrogen-bond acceptors (Lipinski definition) is 2. The molecule has 0 amide bonds. The van der Waals surface area contributed by atoms with Gasteiger partial charge in [-0.3, -0.25) is 4.68 Å². The Morgan fingerprint density at radius 2 is 2.12 bits per heavy atom. The van der Waals surface area contributed by atoms with Gasteiger partial charge in [-0.1, -0.05) is 22.0 Å². The molecule has 0 radical (unpaired) electrons. The van der Waals surface area contributed by atoms with Crippen LogP contribution >= 0.6 is 39.9 Å². The van der Waals surface area contributed by atoms with Gasteiger partial charge in [-0.05, 0) is 43.5 Å². The lowest BCUT2D eigenvalue weighted by molar-refractivity contribution is 0.601. The Hall–Kier alpha value is -1.16. The van der Waals surface area contributed by atoms with E-state index in [1.165, 1.54) is 6.07 Å². The maximum absolute atomic E-state index is 13.8. The first kappa shape index (κ1) is 21.9. The van der Waals surface area contributed by atoms with Crippen molar-refractivity contribution in [3.63, 3.8) is 0 Å². The van der Waals surface area contributed by atoms with Gasteiger partial charge in [-0.2, -0.15) is 5.10 Å². The number of aliphatic imine (C=N–C) groups is 1. The van der Waals surface area contributed by atoms with Gasteiger partial charge in [0.2, 0.25) is 0 Å². The van der Waals surface area contributed by atoms with Crippen LogP contribution < -0.4 is 10.6 Å². The quantitative estimate of drug-likeness (QED) is 0.252. The predicted molar refractivity (Wildman–Crippen MR) is 114 cm³/mol. The van der Waals surface area contributed by atoms with Gasteiger partial charge in [0.05, 0.1) is 12.2 Å². The highest BCUT2D eigenvalue weighted by atomic mass is 127. The molecule has 5 nitrogen and oxygen atoms in total. The van der Waals surface area contributed by atoms with E-state index in [4.69, 9.17) is 0 Å². The Kier molecular flexibility index (Phi) is 10.0. The van der Waals surface area contributed by atoms with Gasteiger partial charge in [-0.15, -0.1) is 24.0 Å². The molecule has 0 aliphatic carbocycles. The molecule has 0 saturated carbocycles. The molecule has 0 aliphatic heterocycles. The van der Waals surface area contributed by atoms with Gasteiger partial charge in [0.25, 0.3) is 0 Å². The zero-order chi connectivity index (χ0) is 17.4. The zero-order valence-electron chi connectivity index (χ0n) is 14.4. The van der Waals surface area contributed by atoms with E-state index in [1.54, 1.807) is 6.20 Å². The number of nitrogens with one attached hydrogen (secondary N) is 2. The normalized spacial score (nSPS) is 11.1. The van der Waals surface area contributed by atoms with Crippen LogP contribution in [0.2, 0.25) is 0 Å². The molecule has 0 unspecified atom stereocenters. The average molecular weight is 524 g/mol. The van der Waals surface area contributed by atoms with Gasteiger partial charge >= 0.3 is 0 Å². The number of benzene rings is 1. The van der Waals surface area contributed by atoms with Crippen molar-refractivity contribution in [2.45, 2.75) is 26.3 Å². The molecule has 25 heavy (non-hydrogen) atoms. The van der Waals surface area contributed by atoms with Gasteiger partial charge in [0.1, 0.15) is 5.82 Å². The highest BCUT2D eigenvalue weighted by Crippen LogP contribution is 2.16. The van der Waals surface area contributed by atoms with Crippen molar-refractivity contribution in [3.8, 4) is 0 Å². The van der Waals surface area contributed by atoms with E-state index in [0.29, 0.717) is 13.0 Å². The molecule has 0 atom stereocenters. The SMILES string of the molecule is CCNC(=NCc1ccnn1C)NCCCc1ccc(Br)cc1F.I. The van der Waals surface area contributed by atoms with Crippen LogP contribution in [0.15, 0.2) is 39.9 Å². The monoisotopic (exact) mass is 523 g/mol. The van der Waals surface area contributed by atoms with E-state index in [0.717, 1.165) is 41.2 Å².